The molecule has 1 aliphatic heterocycles. The van der Waals surface area contributed by atoms with Crippen LogP contribution < -0.4 is 4.90 Å². The molecular weight excluding hydrogens is 530 g/mol. The number of esters is 1. The Morgan fingerprint density at radius 3 is 2.71 bits per heavy atom. The second-order valence-corrected chi connectivity index (χ2v) is 11.7. The summed E-state index contributed by atoms with van der Waals surface area (Å²) in [7, 11) is 5.41. The molecule has 2 aromatic carbocycles. The van der Waals surface area contributed by atoms with Gasteiger partial charge in [-0.3, -0.25) is 9.48 Å². The van der Waals surface area contributed by atoms with Gasteiger partial charge in [0.1, 0.15) is 5.69 Å². The van der Waals surface area contributed by atoms with Crippen LogP contribution in [-0.2, 0) is 22.5 Å². The van der Waals surface area contributed by atoms with Crippen molar-refractivity contribution in [2.45, 2.75) is 44.4 Å². The van der Waals surface area contributed by atoms with Crippen LogP contribution in [-0.4, -0.2) is 69.8 Å². The Morgan fingerprint density at radius 2 is 1.98 bits per heavy atom. The van der Waals surface area contributed by atoms with Gasteiger partial charge in [0.2, 0.25) is 0 Å². The summed E-state index contributed by atoms with van der Waals surface area (Å²) in [5, 5.41) is 30.9. The number of H-pyrrole nitrogens is 1. The van der Waals surface area contributed by atoms with Crippen molar-refractivity contribution >= 4 is 22.6 Å². The van der Waals surface area contributed by atoms with Crippen molar-refractivity contribution in [3.05, 3.63) is 66.0 Å². The number of carbonyl (C=O) groups is 1. The van der Waals surface area contributed by atoms with Crippen molar-refractivity contribution in [1.29, 1.82) is 5.26 Å². The van der Waals surface area contributed by atoms with E-state index in [0.717, 1.165) is 45.5 Å². The van der Waals surface area contributed by atoms with Crippen LogP contribution in [0.25, 0.3) is 22.2 Å². The zero-order chi connectivity index (χ0) is 29.4. The first-order valence-electron chi connectivity index (χ1n) is 14.6. The minimum absolute atomic E-state index is 0.0631. The summed E-state index contributed by atoms with van der Waals surface area (Å²) in [6, 6.07) is 16.2. The number of benzene rings is 2. The fraction of sp³-hybridized carbons (Fsp3) is 0.438. The lowest BCUT2D eigenvalue weighted by Crippen LogP contribution is -2.51. The van der Waals surface area contributed by atoms with E-state index >= 15 is 0 Å². The van der Waals surface area contributed by atoms with Crippen molar-refractivity contribution in [2.75, 3.05) is 32.6 Å². The number of ether oxygens (including phenoxy) is 1. The first-order chi connectivity index (χ1) is 20.4. The number of fused-ring (bicyclic) bond motifs is 2. The summed E-state index contributed by atoms with van der Waals surface area (Å²) in [6.07, 6.45) is 6.29. The quantitative estimate of drug-likeness (QED) is 0.252. The highest BCUT2D eigenvalue weighted by molar-refractivity contribution is 5.85. The van der Waals surface area contributed by atoms with Crippen LogP contribution >= 0.6 is 0 Å². The van der Waals surface area contributed by atoms with Crippen LogP contribution in [0.2, 0.25) is 0 Å². The highest BCUT2D eigenvalue weighted by Crippen LogP contribution is 2.47. The van der Waals surface area contributed by atoms with Gasteiger partial charge in [0.05, 0.1) is 31.4 Å². The molecule has 3 heterocycles. The number of nitriles is 1. The third-order valence-electron chi connectivity index (χ3n) is 9.21. The van der Waals surface area contributed by atoms with Gasteiger partial charge in [-0.15, -0.1) is 5.10 Å². The Kier molecular flexibility index (Phi) is 7.60. The molecule has 4 aromatic rings. The van der Waals surface area contributed by atoms with E-state index in [1.165, 1.54) is 7.11 Å². The molecule has 10 nitrogen and oxygen atoms in total. The van der Waals surface area contributed by atoms with Gasteiger partial charge in [-0.05, 0) is 61.3 Å². The molecule has 1 saturated carbocycles. The molecule has 6 rings (SSSR count). The van der Waals surface area contributed by atoms with Crippen molar-refractivity contribution in [2.24, 2.45) is 17.8 Å². The summed E-state index contributed by atoms with van der Waals surface area (Å²) in [5.41, 5.74) is 6.08. The van der Waals surface area contributed by atoms with Gasteiger partial charge in [-0.25, -0.2) is 0 Å². The third kappa shape index (κ3) is 5.09. The first-order valence-corrected chi connectivity index (χ1v) is 14.6. The molecule has 5 atom stereocenters. The number of aliphatic hydroxyl groups is 1. The number of rotatable bonds is 7. The van der Waals surface area contributed by atoms with Crippen molar-refractivity contribution < 1.29 is 14.6 Å². The maximum atomic E-state index is 12.8. The van der Waals surface area contributed by atoms with E-state index in [2.05, 4.69) is 62.8 Å². The molecule has 0 amide bonds. The SMILES string of the molecule is COC(=O)[C@@H]1[C@H]2C[C@@H](c3[nH]c4ccccc4c3CCn3cc(-c4ccc(N(C)C)cc4)nn3)N(C#N)C[C@@H]2CC[C@@H]1O. The highest BCUT2D eigenvalue weighted by atomic mass is 16.5. The normalized spacial score (nSPS) is 23.8. The number of aryl methyl sites for hydroxylation is 2. The van der Waals surface area contributed by atoms with E-state index in [1.54, 1.807) is 0 Å². The molecule has 2 fully saturated rings. The van der Waals surface area contributed by atoms with E-state index < -0.39 is 12.0 Å². The summed E-state index contributed by atoms with van der Waals surface area (Å²) >= 11 is 0. The van der Waals surface area contributed by atoms with Crippen LogP contribution in [0.5, 0.6) is 0 Å². The molecule has 2 aromatic heterocycles. The maximum absolute atomic E-state index is 12.8. The number of piperidine rings is 1. The number of carbonyl (C=O) groups excluding carboxylic acids is 1. The number of hydrogen-bond acceptors (Lipinski definition) is 8. The summed E-state index contributed by atoms with van der Waals surface area (Å²) in [6.45, 7) is 1.17. The molecule has 2 N–H and O–H groups in total. The van der Waals surface area contributed by atoms with Gasteiger partial charge >= 0.3 is 5.97 Å². The Labute approximate surface area is 245 Å². The molecule has 0 bridgehead atoms. The number of likely N-dealkylation sites (tertiary alicyclic amines) is 1. The Hall–Kier alpha value is -4.36. The lowest BCUT2D eigenvalue weighted by molar-refractivity contribution is -0.159. The molecule has 10 heteroatoms. The molecule has 42 heavy (non-hydrogen) atoms. The third-order valence-corrected chi connectivity index (χ3v) is 9.21. The predicted molar refractivity (Wildman–Crippen MR) is 159 cm³/mol. The monoisotopic (exact) mass is 567 g/mol. The molecule has 0 unspecified atom stereocenters. The Bertz CT molecular complexity index is 1600. The van der Waals surface area contributed by atoms with E-state index in [4.69, 9.17) is 4.74 Å². The molecular formula is C32H37N7O3. The maximum Gasteiger partial charge on any atom is 0.311 e. The second-order valence-electron chi connectivity index (χ2n) is 11.7. The van der Waals surface area contributed by atoms with Crippen LogP contribution in [0, 0.1) is 29.2 Å². The van der Waals surface area contributed by atoms with Gasteiger partial charge in [-0.2, -0.15) is 5.26 Å². The molecule has 2 aliphatic rings. The number of hydrogen-bond donors (Lipinski definition) is 2. The van der Waals surface area contributed by atoms with E-state index in [-0.39, 0.29) is 23.8 Å². The second kappa shape index (κ2) is 11.5. The number of anilines is 1. The van der Waals surface area contributed by atoms with Crippen LogP contribution in [0.3, 0.4) is 0 Å². The van der Waals surface area contributed by atoms with Crippen molar-refractivity contribution in [3.63, 3.8) is 0 Å². The lowest BCUT2D eigenvalue weighted by atomic mass is 9.65. The topological polar surface area (TPSA) is 123 Å². The van der Waals surface area contributed by atoms with Gasteiger partial charge in [0, 0.05) is 55.0 Å². The zero-order valence-corrected chi connectivity index (χ0v) is 24.3. The van der Waals surface area contributed by atoms with Crippen molar-refractivity contribution in [1.82, 2.24) is 24.9 Å². The summed E-state index contributed by atoms with van der Waals surface area (Å²) in [5.74, 6) is -0.852. The number of nitrogens with zero attached hydrogens (tertiary/aromatic N) is 6. The average molecular weight is 568 g/mol. The lowest BCUT2D eigenvalue weighted by Gasteiger charge is -2.47. The number of methoxy groups -OCH3 is 1. The molecule has 1 aliphatic carbocycles. The van der Waals surface area contributed by atoms with E-state index in [0.29, 0.717) is 32.4 Å². The van der Waals surface area contributed by atoms with E-state index in [1.807, 2.05) is 42.0 Å². The number of aromatic nitrogens is 4. The van der Waals surface area contributed by atoms with Crippen molar-refractivity contribution in [3.8, 4) is 17.5 Å². The van der Waals surface area contributed by atoms with E-state index in [9.17, 15) is 15.2 Å². The van der Waals surface area contributed by atoms with Gasteiger partial charge in [0.25, 0.3) is 0 Å². The van der Waals surface area contributed by atoms with Crippen LogP contribution in [0.15, 0.2) is 54.7 Å². The standard InChI is InChI=1S/C32H37N7O3/c1-37(2)22-11-8-20(9-12-22)27-18-39(36-35-27)15-14-24-23-6-4-5-7-26(23)34-31(24)28-16-25-21(17-38(28)19-33)10-13-29(40)30(25)32(41)42-3/h4-9,11-12,18,21,25,28-30,34,40H,10,13-17H2,1-3H3/t21-,25-,28-,29-,30+/m0/s1. The highest BCUT2D eigenvalue weighted by Gasteiger charge is 2.49. The first kappa shape index (κ1) is 27.8. The molecule has 0 spiro atoms. The number of aliphatic hydroxyl groups excluding tert-OH is 1. The average Bonchev–Trinajstić information content (AvgIpc) is 3.64. The molecule has 218 valence electrons. The largest absolute Gasteiger partial charge is 0.469 e. The Balaban J connectivity index is 1.29. The van der Waals surface area contributed by atoms with Gasteiger partial charge in [-0.1, -0.05) is 35.5 Å². The number of aromatic amines is 1. The van der Waals surface area contributed by atoms with Crippen LogP contribution in [0.1, 0.15) is 36.6 Å². The predicted octanol–water partition coefficient (Wildman–Crippen LogP) is 4.14. The summed E-state index contributed by atoms with van der Waals surface area (Å²) in [4.78, 5) is 20.3. The fourth-order valence-electron chi connectivity index (χ4n) is 7.01. The fourth-order valence-corrected chi connectivity index (χ4v) is 7.01. The number of para-hydroxylation sites is 1. The minimum Gasteiger partial charge on any atom is -0.469 e. The summed E-state index contributed by atoms with van der Waals surface area (Å²) < 4.78 is 6.98. The zero-order valence-electron chi connectivity index (χ0n) is 24.3. The van der Waals surface area contributed by atoms with Crippen LogP contribution in [0.4, 0.5) is 5.69 Å². The molecule has 1 saturated heterocycles. The van der Waals surface area contributed by atoms with Gasteiger partial charge in [0.15, 0.2) is 6.19 Å². The number of nitrogens with one attached hydrogen (secondary N) is 1. The molecule has 0 radical (unpaired) electrons. The van der Waals surface area contributed by atoms with Gasteiger partial charge < -0.3 is 24.6 Å². The minimum atomic E-state index is -0.726. The Morgan fingerprint density at radius 1 is 1.19 bits per heavy atom. The smallest absolute Gasteiger partial charge is 0.311 e.